The number of carboxylic acid groups (broad SMARTS) is 9. The lowest BCUT2D eigenvalue weighted by atomic mass is 10.4. The van der Waals surface area contributed by atoms with Gasteiger partial charge in [0.05, 0.1) is 44.8 Å². The van der Waals surface area contributed by atoms with E-state index in [-0.39, 0.29) is 78.6 Å². The molecule has 0 atom stereocenters. The van der Waals surface area contributed by atoms with Gasteiger partial charge in [0, 0.05) is 53.9 Å². The summed E-state index contributed by atoms with van der Waals surface area (Å²) in [5.41, 5.74) is 0.375. The fourth-order valence-electron chi connectivity index (χ4n) is 9.08. The van der Waals surface area contributed by atoms with Crippen LogP contribution in [-0.4, -0.2) is 145 Å². The molecule has 0 aromatic carbocycles. The molecule has 0 saturated heterocycles. The minimum atomic E-state index is -1.50. The van der Waals surface area contributed by atoms with Gasteiger partial charge in [-0.2, -0.15) is 17.6 Å². The van der Waals surface area contributed by atoms with Crippen molar-refractivity contribution in [2.45, 2.75) is 0 Å². The number of hydrogen-bond acceptors (Lipinski definition) is 18. The number of halogens is 9. The third kappa shape index (κ3) is 16.5. The summed E-state index contributed by atoms with van der Waals surface area (Å²) < 4.78 is 147. The van der Waals surface area contributed by atoms with Crippen molar-refractivity contribution in [3.63, 3.8) is 0 Å². The third-order valence-corrected chi connectivity index (χ3v) is 15.6. The predicted molar refractivity (Wildman–Crippen MR) is 349 cm³/mol. The number of fused-ring (bicyclic) bond motifs is 9. The zero-order chi connectivity index (χ0) is 78.4. The molecule has 18 aromatic rings. The smallest absolute Gasteiger partial charge is 0.355 e. The van der Waals surface area contributed by atoms with Crippen molar-refractivity contribution in [3.8, 4) is 0 Å². The van der Waals surface area contributed by atoms with Crippen molar-refractivity contribution < 1.29 is 160 Å². The van der Waals surface area contributed by atoms with Gasteiger partial charge in [0.1, 0.15) is 68.1 Å². The molecule has 34 nitrogen and oxygen atoms in total. The fourth-order valence-corrected chi connectivity index (χ4v) is 10.6. The molecule has 18 heterocycles. The van der Waals surface area contributed by atoms with E-state index in [9.17, 15) is 82.7 Å². The molecular weight excluding hydrogens is 1520 g/mol. The molecule has 0 saturated carbocycles. The van der Waals surface area contributed by atoms with Gasteiger partial charge in [-0.25, -0.2) is 65.1 Å². The molecule has 0 aliphatic rings. The zero-order valence-electron chi connectivity index (χ0n) is 52.2. The monoisotopic (exact) mass is 1550 g/mol. The van der Waals surface area contributed by atoms with Crippen molar-refractivity contribution in [1.29, 1.82) is 0 Å². The number of rotatable bonds is 9. The number of aromatic nitrogens is 9. The molecule has 0 aliphatic carbocycles. The third-order valence-electron chi connectivity index (χ3n) is 13.8. The highest BCUT2D eigenvalue weighted by atomic mass is 32.1. The molecule has 0 spiro atoms. The molecule has 0 unspecified atom stereocenters. The molecular formula is C63H36F9N9O25S2. The van der Waals surface area contributed by atoms with Gasteiger partial charge in [-0.1, -0.05) is 0 Å². The summed E-state index contributed by atoms with van der Waals surface area (Å²) >= 11 is 3.04. The quantitative estimate of drug-likeness (QED) is 0.0597. The number of hydrogen-bond donors (Lipinski definition) is 18. The number of aromatic amines is 9. The highest BCUT2D eigenvalue weighted by Gasteiger charge is 2.25. The molecule has 0 radical (unpaired) electrons. The van der Waals surface area contributed by atoms with Gasteiger partial charge in [0.15, 0.2) is 85.2 Å². The Morgan fingerprint density at radius 1 is 0.324 bits per heavy atom. The van der Waals surface area contributed by atoms with E-state index >= 15 is 0 Å². The first kappa shape index (κ1) is 75.5. The Morgan fingerprint density at radius 3 is 1.35 bits per heavy atom. The van der Waals surface area contributed by atoms with Crippen LogP contribution in [0.3, 0.4) is 0 Å². The summed E-state index contributed by atoms with van der Waals surface area (Å²) in [5.74, 6) is -16.2. The van der Waals surface area contributed by atoms with E-state index in [1.165, 1.54) is 59.5 Å². The molecule has 0 amide bonds. The van der Waals surface area contributed by atoms with Gasteiger partial charge < -0.3 is 122 Å². The van der Waals surface area contributed by atoms with Crippen LogP contribution in [0, 0.1) is 52.9 Å². The van der Waals surface area contributed by atoms with E-state index in [1.54, 1.807) is 18.2 Å². The molecule has 108 heavy (non-hydrogen) atoms. The minimum Gasteiger partial charge on any atom is -0.477 e. The van der Waals surface area contributed by atoms with Crippen molar-refractivity contribution in [3.05, 3.63) is 213 Å². The number of aromatic carboxylic acids is 9. The average molecular weight is 1550 g/mol. The zero-order valence-corrected chi connectivity index (χ0v) is 53.8. The summed E-state index contributed by atoms with van der Waals surface area (Å²) in [5, 5.41) is 81.3. The van der Waals surface area contributed by atoms with Crippen LogP contribution in [-0.2, 0) is 0 Å². The number of furan rings is 7. The predicted octanol–water partition coefficient (Wildman–Crippen LogP) is 15.3. The highest BCUT2D eigenvalue weighted by Crippen LogP contribution is 2.29. The van der Waals surface area contributed by atoms with Crippen LogP contribution in [0.5, 0.6) is 0 Å². The summed E-state index contributed by atoms with van der Waals surface area (Å²) in [7, 11) is 0. The second kappa shape index (κ2) is 31.2. The van der Waals surface area contributed by atoms with Crippen LogP contribution in [0.2, 0.25) is 0 Å². The number of carboxylic acids is 9. The Balaban J connectivity index is 0.000000130. The standard InChI is InChI=1S/3C7H3F2NO3.3C7H4FNO3.C7H5NO3.2C7H5NO2S/c8-2-1-13-6-3(9)5(7(11)12)10-4(2)6;8-3-1-2-6(13-3)4(9)5(10-2)7(11)12;8-4-5-3(13-6(4)9)1-2(10-5)7(11)12;8-3-2-12-5-1-4(7(10)11)9-6(3)5;8-6-2-3-5(12-6)1-4(9-3)7(10)11;8-4-5(7(10)11)9-3-1-2-12-6(3)4;2*9-7(10)5-3-6-4(8-5)1-2-11-6;9-7(10)5-3-4-1-2-11-6(4)8-5/h3*1,10H,(H,11,12);3*1-2,9H,(H,10,11);3*1-3,8H,(H,9,10). The Labute approximate surface area is 589 Å². The lowest BCUT2D eigenvalue weighted by Crippen LogP contribution is -1.98. The van der Waals surface area contributed by atoms with Crippen LogP contribution in [0.25, 0.3) is 98.1 Å². The second-order valence-electron chi connectivity index (χ2n) is 20.7. The van der Waals surface area contributed by atoms with Crippen molar-refractivity contribution >= 4 is 175 Å². The largest absolute Gasteiger partial charge is 0.477 e. The van der Waals surface area contributed by atoms with Crippen LogP contribution in [0.1, 0.15) is 94.4 Å². The number of H-pyrrole nitrogens is 9. The normalized spacial score (nSPS) is 10.8. The SMILES string of the molecule is O=C(O)c1[nH]c2c(F)coc2c1F.O=C(O)c1[nH]c2cc(F)oc2c1F.O=C(O)c1[nH]c2ccoc2c1F.O=C(O)c1cc2ccsc2[nH]1.O=C(O)c1cc2oc(F)c(F)c2[nH]1.O=C(O)c1cc2oc(F)cc2[nH]1.O=C(O)c1cc2occ(F)c2[nH]1.O=C(O)c1cc2occc2[nH]1.O=C(O)c1cc2sccc2[nH]1. The molecule has 18 rings (SSSR count). The molecule has 558 valence electrons. The molecule has 18 N–H and O–H groups in total. The van der Waals surface area contributed by atoms with E-state index in [0.29, 0.717) is 28.4 Å². The van der Waals surface area contributed by atoms with Gasteiger partial charge in [-0.3, -0.25) is 0 Å². The molecule has 0 bridgehead atoms. The van der Waals surface area contributed by atoms with Gasteiger partial charge >= 0.3 is 59.7 Å². The Bertz CT molecular complexity index is 6100. The first-order valence-corrected chi connectivity index (χ1v) is 30.4. The average Bonchev–Trinajstić information content (AvgIpc) is 1.64. The first-order chi connectivity index (χ1) is 51.2. The van der Waals surface area contributed by atoms with E-state index in [2.05, 4.69) is 62.5 Å². The second-order valence-corrected chi connectivity index (χ2v) is 22.6. The van der Waals surface area contributed by atoms with Gasteiger partial charge in [-0.05, 0) is 35.0 Å². The maximum Gasteiger partial charge on any atom is 0.355 e. The Morgan fingerprint density at radius 2 is 0.796 bits per heavy atom. The van der Waals surface area contributed by atoms with E-state index in [1.807, 2.05) is 22.9 Å². The molecule has 45 heteroatoms. The highest BCUT2D eigenvalue weighted by molar-refractivity contribution is 7.17. The van der Waals surface area contributed by atoms with Gasteiger partial charge in [0.2, 0.25) is 5.82 Å². The molecule has 0 fully saturated rings. The fraction of sp³-hybridized carbons (Fsp3) is 0. The number of thiophene rings is 2. The molecule has 18 aromatic heterocycles. The topological polar surface area (TPSA) is 570 Å². The summed E-state index contributed by atoms with van der Waals surface area (Å²) in [4.78, 5) is 116. The summed E-state index contributed by atoms with van der Waals surface area (Å²) in [6, 6.07) is 14.1. The van der Waals surface area contributed by atoms with Crippen LogP contribution in [0.15, 0.2) is 140 Å². The van der Waals surface area contributed by atoms with Crippen LogP contribution >= 0.6 is 22.7 Å². The van der Waals surface area contributed by atoms with Crippen molar-refractivity contribution in [2.24, 2.45) is 0 Å². The number of carbonyl (C=O) groups is 9. The maximum atomic E-state index is 13.0. The van der Waals surface area contributed by atoms with Crippen LogP contribution in [0.4, 0.5) is 39.5 Å². The van der Waals surface area contributed by atoms with Crippen LogP contribution < -0.4 is 0 Å². The Hall–Kier alpha value is -15.2. The van der Waals surface area contributed by atoms with E-state index < -0.39 is 135 Å². The number of nitrogens with one attached hydrogen (secondary N) is 9. The van der Waals surface area contributed by atoms with Crippen molar-refractivity contribution in [1.82, 2.24) is 44.9 Å². The minimum absolute atomic E-state index is 0.00704. The van der Waals surface area contributed by atoms with Gasteiger partial charge in [0.25, 0.3) is 12.0 Å². The maximum absolute atomic E-state index is 13.0. The Kier molecular flexibility index (Phi) is 21.8. The summed E-state index contributed by atoms with van der Waals surface area (Å²) in [6.07, 6.45) is 4.42. The van der Waals surface area contributed by atoms with Gasteiger partial charge in [-0.15, -0.1) is 22.7 Å². The van der Waals surface area contributed by atoms with E-state index in [0.717, 1.165) is 44.9 Å². The molecule has 0 aliphatic heterocycles. The van der Waals surface area contributed by atoms with E-state index in [4.69, 9.17) is 59.2 Å². The lowest BCUT2D eigenvalue weighted by Gasteiger charge is -1.86. The van der Waals surface area contributed by atoms with Crippen molar-refractivity contribution in [2.75, 3.05) is 0 Å². The first-order valence-electron chi connectivity index (χ1n) is 28.6. The lowest BCUT2D eigenvalue weighted by molar-refractivity contribution is 0.0675. The summed E-state index contributed by atoms with van der Waals surface area (Å²) in [6.45, 7) is 0.